The summed E-state index contributed by atoms with van der Waals surface area (Å²) in [7, 11) is 0. The van der Waals surface area contributed by atoms with Crippen LogP contribution in [0.25, 0.3) is 0 Å². The van der Waals surface area contributed by atoms with Crippen LogP contribution in [0.5, 0.6) is 0 Å². The third-order valence-corrected chi connectivity index (χ3v) is 1.90. The van der Waals surface area contributed by atoms with Gasteiger partial charge >= 0.3 is 5.97 Å². The van der Waals surface area contributed by atoms with Gasteiger partial charge in [-0.3, -0.25) is 4.79 Å². The van der Waals surface area contributed by atoms with Crippen LogP contribution in [-0.2, 0) is 9.53 Å². The lowest BCUT2D eigenvalue weighted by molar-refractivity contribution is -0.177. The zero-order valence-electron chi connectivity index (χ0n) is 8.82. The van der Waals surface area contributed by atoms with Crippen molar-refractivity contribution >= 4 is 18.4 Å². The van der Waals surface area contributed by atoms with Gasteiger partial charge in [-0.1, -0.05) is 0 Å². The van der Waals surface area contributed by atoms with Crippen LogP contribution < -0.4 is 0 Å². The van der Waals surface area contributed by atoms with E-state index in [4.69, 9.17) is 4.74 Å². The maximum absolute atomic E-state index is 11.4. The van der Waals surface area contributed by atoms with Gasteiger partial charge in [0.1, 0.15) is 11.6 Å². The van der Waals surface area contributed by atoms with Crippen molar-refractivity contribution in [3.63, 3.8) is 0 Å². The number of halogens is 1. The number of ether oxygens (including phenoxy) is 1. The smallest absolute Gasteiger partial charge is 0.326 e. The van der Waals surface area contributed by atoms with Crippen molar-refractivity contribution < 1.29 is 14.7 Å². The molecule has 0 aromatic heterocycles. The Morgan fingerprint density at radius 3 is 2.43 bits per heavy atom. The molecule has 1 heterocycles. The van der Waals surface area contributed by atoms with Gasteiger partial charge in [0, 0.05) is 6.54 Å². The summed E-state index contributed by atoms with van der Waals surface area (Å²) in [5.74, 6) is -0.326. The Morgan fingerprint density at radius 2 is 2.07 bits per heavy atom. The Bertz CT molecular complexity index is 203. The fourth-order valence-electron chi connectivity index (χ4n) is 1.36. The Hall–Kier alpha value is -0.320. The second-order valence-electron chi connectivity index (χ2n) is 4.35. The largest absolute Gasteiger partial charge is 0.459 e. The molecule has 1 atom stereocenters. The maximum atomic E-state index is 11.4. The van der Waals surface area contributed by atoms with E-state index in [1.54, 1.807) is 0 Å². The number of hydrogen-bond acceptors (Lipinski definition) is 4. The molecule has 0 saturated carbocycles. The van der Waals surface area contributed by atoms with E-state index in [1.807, 2.05) is 20.8 Å². The zero-order valence-corrected chi connectivity index (χ0v) is 9.63. The van der Waals surface area contributed by atoms with Crippen LogP contribution in [0.3, 0.4) is 0 Å². The maximum Gasteiger partial charge on any atom is 0.326 e. The lowest BCUT2D eigenvalue weighted by atomic mass is 10.2. The fraction of sp³-hybridized carbons (Fsp3) is 0.889. The zero-order chi connectivity index (χ0) is 10.1. The number of carbonyl (C=O) groups excluding carboxylic acids is 1. The average Bonchev–Trinajstić information content (AvgIpc) is 2.30. The van der Waals surface area contributed by atoms with Crippen LogP contribution in [0.1, 0.15) is 33.6 Å². The number of carbonyl (C=O) groups is 1. The lowest BCUT2D eigenvalue weighted by Crippen LogP contribution is -2.38. The Balaban J connectivity index is 0.00000169. The van der Waals surface area contributed by atoms with E-state index < -0.39 is 11.6 Å². The predicted octanol–water partition coefficient (Wildman–Crippen LogP) is 1.60. The molecule has 0 amide bonds. The summed E-state index contributed by atoms with van der Waals surface area (Å²) in [6.07, 6.45) is 1.53. The van der Waals surface area contributed by atoms with Crippen LogP contribution in [-0.4, -0.2) is 34.4 Å². The van der Waals surface area contributed by atoms with Crippen molar-refractivity contribution in [3.05, 3.63) is 0 Å². The second-order valence-corrected chi connectivity index (χ2v) is 4.35. The van der Waals surface area contributed by atoms with Crippen molar-refractivity contribution in [2.24, 2.45) is 0 Å². The normalized spacial score (nSPS) is 23.0. The predicted molar refractivity (Wildman–Crippen MR) is 54.6 cm³/mol. The quantitative estimate of drug-likeness (QED) is 0.687. The van der Waals surface area contributed by atoms with Gasteiger partial charge in [-0.15, -0.1) is 12.4 Å². The molecule has 0 aromatic rings. The highest BCUT2D eigenvalue weighted by atomic mass is 35.5. The van der Waals surface area contributed by atoms with Gasteiger partial charge in [-0.2, -0.15) is 5.06 Å². The summed E-state index contributed by atoms with van der Waals surface area (Å²) in [5, 5.41) is 10.4. The minimum absolute atomic E-state index is 0. The lowest BCUT2D eigenvalue weighted by Gasteiger charge is -2.24. The van der Waals surface area contributed by atoms with Gasteiger partial charge in [0.05, 0.1) is 0 Å². The summed E-state index contributed by atoms with van der Waals surface area (Å²) in [6.45, 7) is 6.02. The molecular formula is C9H18ClNO3. The molecule has 1 aliphatic heterocycles. The Kier molecular flexibility index (Phi) is 4.84. The van der Waals surface area contributed by atoms with Crippen LogP contribution in [0, 0.1) is 0 Å². The number of hydrogen-bond donors (Lipinski definition) is 1. The van der Waals surface area contributed by atoms with Gasteiger partial charge < -0.3 is 9.94 Å². The van der Waals surface area contributed by atoms with E-state index in [9.17, 15) is 10.0 Å². The first-order valence-electron chi connectivity index (χ1n) is 4.58. The van der Waals surface area contributed by atoms with E-state index in [0.29, 0.717) is 13.0 Å². The van der Waals surface area contributed by atoms with Crippen molar-refractivity contribution in [2.45, 2.75) is 45.3 Å². The summed E-state index contributed by atoms with van der Waals surface area (Å²) >= 11 is 0. The molecular weight excluding hydrogens is 206 g/mol. The number of hydroxylamine groups is 2. The van der Waals surface area contributed by atoms with Crippen LogP contribution >= 0.6 is 12.4 Å². The fourth-order valence-corrected chi connectivity index (χ4v) is 1.36. The highest BCUT2D eigenvalue weighted by Gasteiger charge is 2.33. The van der Waals surface area contributed by atoms with Gasteiger partial charge in [-0.05, 0) is 33.6 Å². The number of nitrogens with zero attached hydrogens (tertiary/aromatic N) is 1. The molecule has 1 N–H and O–H groups in total. The molecule has 0 aliphatic carbocycles. The minimum Gasteiger partial charge on any atom is -0.459 e. The molecule has 1 rings (SSSR count). The van der Waals surface area contributed by atoms with E-state index in [0.717, 1.165) is 11.5 Å². The summed E-state index contributed by atoms with van der Waals surface area (Å²) in [6, 6.07) is -0.459. The number of esters is 1. The Labute approximate surface area is 90.6 Å². The van der Waals surface area contributed by atoms with E-state index in [-0.39, 0.29) is 18.4 Å². The topological polar surface area (TPSA) is 49.8 Å². The minimum atomic E-state index is -0.472. The standard InChI is InChI=1S/C9H17NO3.ClH/c1-9(2,3)13-8(11)7-5-4-6-10(7)12;/h7,12H,4-6H2,1-3H3;1H/t7-;/m1./s1. The van der Waals surface area contributed by atoms with E-state index in [1.165, 1.54) is 0 Å². The molecule has 14 heavy (non-hydrogen) atoms. The van der Waals surface area contributed by atoms with Crippen LogP contribution in [0.2, 0.25) is 0 Å². The molecule has 0 radical (unpaired) electrons. The van der Waals surface area contributed by atoms with Crippen molar-refractivity contribution in [2.75, 3.05) is 6.54 Å². The highest BCUT2D eigenvalue weighted by Crippen LogP contribution is 2.18. The van der Waals surface area contributed by atoms with Crippen molar-refractivity contribution in [1.82, 2.24) is 5.06 Å². The molecule has 84 valence electrons. The summed E-state index contributed by atoms with van der Waals surface area (Å²) in [4.78, 5) is 11.4. The average molecular weight is 224 g/mol. The third-order valence-electron chi connectivity index (χ3n) is 1.90. The number of rotatable bonds is 1. The first-order valence-corrected chi connectivity index (χ1v) is 4.58. The van der Waals surface area contributed by atoms with Gasteiger partial charge in [-0.25, -0.2) is 0 Å². The molecule has 5 heteroatoms. The molecule has 1 saturated heterocycles. The Morgan fingerprint density at radius 1 is 1.50 bits per heavy atom. The first kappa shape index (κ1) is 13.7. The molecule has 0 unspecified atom stereocenters. The van der Waals surface area contributed by atoms with Crippen LogP contribution in [0.15, 0.2) is 0 Å². The van der Waals surface area contributed by atoms with Gasteiger partial charge in [0.2, 0.25) is 0 Å². The highest BCUT2D eigenvalue weighted by molar-refractivity contribution is 5.85. The summed E-state index contributed by atoms with van der Waals surface area (Å²) < 4.78 is 5.15. The second kappa shape index (κ2) is 4.96. The molecule has 0 bridgehead atoms. The first-order chi connectivity index (χ1) is 5.90. The van der Waals surface area contributed by atoms with Crippen LogP contribution in [0.4, 0.5) is 0 Å². The third kappa shape index (κ3) is 3.82. The van der Waals surface area contributed by atoms with Gasteiger partial charge in [0.25, 0.3) is 0 Å². The monoisotopic (exact) mass is 223 g/mol. The van der Waals surface area contributed by atoms with Gasteiger partial charge in [0.15, 0.2) is 0 Å². The van der Waals surface area contributed by atoms with Crippen molar-refractivity contribution in [3.8, 4) is 0 Å². The SMILES string of the molecule is CC(C)(C)OC(=O)[C@H]1CCCN1O.Cl. The molecule has 0 aromatic carbocycles. The molecule has 4 nitrogen and oxygen atoms in total. The van der Waals surface area contributed by atoms with Crippen molar-refractivity contribution in [1.29, 1.82) is 0 Å². The molecule has 0 spiro atoms. The van der Waals surface area contributed by atoms with E-state index >= 15 is 0 Å². The molecule has 1 fully saturated rings. The summed E-state index contributed by atoms with van der Waals surface area (Å²) in [5.41, 5.74) is -0.472. The van der Waals surface area contributed by atoms with E-state index in [2.05, 4.69) is 0 Å². The molecule has 1 aliphatic rings.